The summed E-state index contributed by atoms with van der Waals surface area (Å²) in [6.45, 7) is 1.38. The number of hydrogen-bond acceptors (Lipinski definition) is 9. The van der Waals surface area contributed by atoms with E-state index in [4.69, 9.17) is 14.2 Å². The van der Waals surface area contributed by atoms with Gasteiger partial charge in [0.1, 0.15) is 30.6 Å². The molecule has 10 nitrogen and oxygen atoms in total. The van der Waals surface area contributed by atoms with Gasteiger partial charge in [0.15, 0.2) is 0 Å². The smallest absolute Gasteiger partial charge is 0.315 e. The molecule has 1 fully saturated rings. The molecule has 0 heterocycles. The summed E-state index contributed by atoms with van der Waals surface area (Å²) in [5.41, 5.74) is 2.73. The van der Waals surface area contributed by atoms with Crippen molar-refractivity contribution in [2.75, 3.05) is 7.11 Å². The molecule has 242 valence electrons. The molecule has 4 atom stereocenters. The third-order valence-corrected chi connectivity index (χ3v) is 8.19. The summed E-state index contributed by atoms with van der Waals surface area (Å²) in [5, 5.41) is 26.4. The molecular formula is C37H36N2O8. The Morgan fingerprint density at radius 3 is 1.94 bits per heavy atom. The van der Waals surface area contributed by atoms with Gasteiger partial charge in [0.05, 0.1) is 29.9 Å². The second-order valence-corrected chi connectivity index (χ2v) is 11.5. The molecule has 0 aromatic heterocycles. The summed E-state index contributed by atoms with van der Waals surface area (Å²) >= 11 is 0. The number of aliphatic hydroxyl groups is 1. The molecule has 0 aliphatic heterocycles. The van der Waals surface area contributed by atoms with Gasteiger partial charge in [-0.05, 0) is 47.9 Å². The average Bonchev–Trinajstić information content (AvgIpc) is 3.09. The number of carbonyl (C=O) groups is 3. The molecule has 0 spiro atoms. The van der Waals surface area contributed by atoms with E-state index in [2.05, 4.69) is 10.5 Å². The van der Waals surface area contributed by atoms with Gasteiger partial charge in [0.2, 0.25) is 0 Å². The second-order valence-electron chi connectivity index (χ2n) is 11.5. The number of benzene rings is 4. The van der Waals surface area contributed by atoms with Crippen molar-refractivity contribution in [3.8, 4) is 11.5 Å². The monoisotopic (exact) mass is 636 g/mol. The number of hydrogen-bond donors (Lipinski definition) is 3. The van der Waals surface area contributed by atoms with Gasteiger partial charge in [0.25, 0.3) is 5.91 Å². The predicted molar refractivity (Wildman–Crippen MR) is 173 cm³/mol. The molecule has 1 aliphatic carbocycles. The molecule has 4 aromatic rings. The minimum Gasteiger partial charge on any atom is -0.507 e. The molecule has 4 aromatic carbocycles. The second kappa shape index (κ2) is 14.7. The fourth-order valence-electron chi connectivity index (χ4n) is 5.86. The summed E-state index contributed by atoms with van der Waals surface area (Å²) < 4.78 is 16.9. The van der Waals surface area contributed by atoms with Crippen molar-refractivity contribution in [1.29, 1.82) is 0 Å². The first-order valence-corrected chi connectivity index (χ1v) is 15.1. The number of esters is 2. The van der Waals surface area contributed by atoms with Gasteiger partial charge in [-0.15, -0.1) is 0 Å². The first-order valence-electron chi connectivity index (χ1n) is 15.1. The summed E-state index contributed by atoms with van der Waals surface area (Å²) in [6, 6.07) is 31.0. The first-order chi connectivity index (χ1) is 22.7. The Balaban J connectivity index is 1.56. The number of methoxy groups -OCH3 is 1. The van der Waals surface area contributed by atoms with E-state index >= 15 is 0 Å². The molecule has 47 heavy (non-hydrogen) atoms. The molecule has 1 saturated carbocycles. The Kier molecular flexibility index (Phi) is 10.3. The van der Waals surface area contributed by atoms with E-state index in [0.717, 1.165) is 11.1 Å². The summed E-state index contributed by atoms with van der Waals surface area (Å²) in [6.07, 6.45) is -0.267. The van der Waals surface area contributed by atoms with Crippen LogP contribution in [0.1, 0.15) is 46.3 Å². The zero-order valence-electron chi connectivity index (χ0n) is 26.0. The van der Waals surface area contributed by atoms with Crippen LogP contribution in [0.5, 0.6) is 11.5 Å². The van der Waals surface area contributed by atoms with Crippen molar-refractivity contribution in [2.24, 2.45) is 16.9 Å². The van der Waals surface area contributed by atoms with Crippen LogP contribution in [-0.4, -0.2) is 46.5 Å². The molecule has 1 amide bonds. The molecule has 3 N–H and O–H groups in total. The van der Waals surface area contributed by atoms with Crippen LogP contribution in [0.15, 0.2) is 114 Å². The van der Waals surface area contributed by atoms with Crippen LogP contribution in [-0.2, 0) is 32.3 Å². The minimum atomic E-state index is -1.77. The largest absolute Gasteiger partial charge is 0.507 e. The SMILES string of the molecule is COc1ccc([C@H]2[C@H](C(=O)OCc3ccccc3)/C(=N/NC(=O)c3ccccc3O)C[C@@](C)(O)[C@H]2C(=O)OCc2ccccc2)cc1. The third-order valence-electron chi connectivity index (χ3n) is 8.19. The number of phenols is 1. The van der Waals surface area contributed by atoms with Crippen LogP contribution in [0.2, 0.25) is 0 Å². The number of nitrogens with zero attached hydrogens (tertiary/aromatic N) is 1. The molecule has 0 saturated heterocycles. The van der Waals surface area contributed by atoms with Crippen LogP contribution in [0.3, 0.4) is 0 Å². The first kappa shape index (κ1) is 32.9. The highest BCUT2D eigenvalue weighted by Gasteiger charge is 2.56. The van der Waals surface area contributed by atoms with Crippen molar-refractivity contribution in [3.63, 3.8) is 0 Å². The Hall–Kier alpha value is -5.48. The van der Waals surface area contributed by atoms with Gasteiger partial charge in [-0.2, -0.15) is 5.10 Å². The molecule has 1 aliphatic rings. The number of amides is 1. The standard InChI is InChI=1S/C37H36N2O8/c1-37(44)21-29(38-39-34(41)28-15-9-10-16-30(28)40)32(35(42)46-22-24-11-5-3-6-12-24)31(26-17-19-27(45-2)20-18-26)33(37)36(43)47-23-25-13-7-4-8-14-25/h3-20,31-33,40,44H,21-23H2,1-2H3,(H,39,41)/b38-29+/t31-,32+,33+,37+/m0/s1. The highest BCUT2D eigenvalue weighted by Crippen LogP contribution is 2.47. The van der Waals surface area contributed by atoms with E-state index in [1.807, 2.05) is 60.7 Å². The Labute approximate surface area is 272 Å². The van der Waals surface area contributed by atoms with Crippen molar-refractivity contribution in [2.45, 2.75) is 38.1 Å². The average molecular weight is 637 g/mol. The summed E-state index contributed by atoms with van der Waals surface area (Å²) in [7, 11) is 1.52. The number of hydrazone groups is 1. The maximum atomic E-state index is 14.1. The molecule has 0 radical (unpaired) electrons. The van der Waals surface area contributed by atoms with E-state index < -0.39 is 41.2 Å². The normalized spacial score (nSPS) is 21.4. The van der Waals surface area contributed by atoms with Crippen LogP contribution < -0.4 is 10.2 Å². The fourth-order valence-corrected chi connectivity index (χ4v) is 5.86. The number of aromatic hydroxyl groups is 1. The maximum absolute atomic E-state index is 14.1. The van der Waals surface area contributed by atoms with E-state index in [0.29, 0.717) is 11.3 Å². The molecule has 0 unspecified atom stereocenters. The lowest BCUT2D eigenvalue weighted by atomic mass is 9.61. The zero-order chi connectivity index (χ0) is 33.4. The highest BCUT2D eigenvalue weighted by molar-refractivity contribution is 6.06. The number of rotatable bonds is 10. The summed E-state index contributed by atoms with van der Waals surface area (Å²) in [4.78, 5) is 41.1. The lowest BCUT2D eigenvalue weighted by Gasteiger charge is -2.45. The van der Waals surface area contributed by atoms with E-state index in [1.165, 1.54) is 26.2 Å². The molecule has 10 heteroatoms. The van der Waals surface area contributed by atoms with Crippen LogP contribution >= 0.6 is 0 Å². The number of carbonyl (C=O) groups excluding carboxylic acids is 3. The minimum absolute atomic E-state index is 0.0308. The number of nitrogens with one attached hydrogen (secondary N) is 1. The quantitative estimate of drug-likeness (QED) is 0.160. The Morgan fingerprint density at radius 1 is 0.809 bits per heavy atom. The van der Waals surface area contributed by atoms with E-state index in [9.17, 15) is 24.6 Å². The molecule has 0 bridgehead atoms. The Morgan fingerprint density at radius 2 is 1.36 bits per heavy atom. The fraction of sp³-hybridized carbons (Fsp3) is 0.243. The highest BCUT2D eigenvalue weighted by atomic mass is 16.5. The zero-order valence-corrected chi connectivity index (χ0v) is 26.0. The maximum Gasteiger partial charge on any atom is 0.315 e. The Bertz CT molecular complexity index is 1720. The van der Waals surface area contributed by atoms with Gasteiger partial charge in [-0.1, -0.05) is 84.9 Å². The van der Waals surface area contributed by atoms with Crippen molar-refractivity contribution < 1.29 is 38.8 Å². The lowest BCUT2D eigenvalue weighted by Crippen LogP contribution is -2.55. The van der Waals surface area contributed by atoms with Gasteiger partial charge < -0.3 is 24.4 Å². The third kappa shape index (κ3) is 7.85. The van der Waals surface area contributed by atoms with Crippen LogP contribution in [0, 0.1) is 11.8 Å². The summed E-state index contributed by atoms with van der Waals surface area (Å²) in [5.74, 6) is -5.31. The topological polar surface area (TPSA) is 144 Å². The van der Waals surface area contributed by atoms with Crippen molar-refractivity contribution in [3.05, 3.63) is 131 Å². The van der Waals surface area contributed by atoms with E-state index in [1.54, 1.807) is 36.4 Å². The van der Waals surface area contributed by atoms with Gasteiger partial charge in [-0.3, -0.25) is 14.4 Å². The van der Waals surface area contributed by atoms with Crippen LogP contribution in [0.4, 0.5) is 0 Å². The van der Waals surface area contributed by atoms with Gasteiger partial charge >= 0.3 is 11.9 Å². The van der Waals surface area contributed by atoms with Crippen LogP contribution in [0.25, 0.3) is 0 Å². The lowest BCUT2D eigenvalue weighted by molar-refractivity contribution is -0.165. The number of para-hydroxylation sites is 1. The predicted octanol–water partition coefficient (Wildman–Crippen LogP) is 5.14. The number of ether oxygens (including phenoxy) is 3. The molecular weight excluding hydrogens is 600 g/mol. The van der Waals surface area contributed by atoms with E-state index in [-0.39, 0.29) is 36.7 Å². The van der Waals surface area contributed by atoms with Gasteiger partial charge in [-0.25, -0.2) is 5.43 Å². The van der Waals surface area contributed by atoms with Crippen molar-refractivity contribution >= 4 is 23.6 Å². The number of phenolic OH excluding ortho intramolecular Hbond substituents is 1. The van der Waals surface area contributed by atoms with Crippen molar-refractivity contribution in [1.82, 2.24) is 5.43 Å². The van der Waals surface area contributed by atoms with Gasteiger partial charge in [0, 0.05) is 12.3 Å². The molecule has 5 rings (SSSR count).